The minimum atomic E-state index is 0.314. The summed E-state index contributed by atoms with van der Waals surface area (Å²) < 4.78 is 11.1. The first-order valence-electron chi connectivity index (χ1n) is 7.33. The molecule has 2 unspecified atom stereocenters. The van der Waals surface area contributed by atoms with E-state index in [9.17, 15) is 0 Å². The van der Waals surface area contributed by atoms with Gasteiger partial charge >= 0.3 is 0 Å². The molecule has 0 bridgehead atoms. The van der Waals surface area contributed by atoms with Gasteiger partial charge in [-0.1, -0.05) is 6.58 Å². The highest BCUT2D eigenvalue weighted by Gasteiger charge is 2.20. The molecular formula is C16H22N2O2. The van der Waals surface area contributed by atoms with Gasteiger partial charge in [-0.3, -0.25) is 0 Å². The minimum absolute atomic E-state index is 0.314. The molecule has 3 rings (SSSR count). The van der Waals surface area contributed by atoms with Crippen molar-refractivity contribution in [3.8, 4) is 11.5 Å². The molecule has 2 aliphatic rings. The molecule has 1 fully saturated rings. The van der Waals surface area contributed by atoms with E-state index in [0.29, 0.717) is 25.3 Å². The lowest BCUT2D eigenvalue weighted by Gasteiger charge is -2.29. The number of benzene rings is 1. The number of nitrogens with two attached hydrogens (primary N) is 1. The van der Waals surface area contributed by atoms with Crippen LogP contribution in [0.5, 0.6) is 11.5 Å². The molecule has 1 heterocycles. The summed E-state index contributed by atoms with van der Waals surface area (Å²) in [4.78, 5) is 0. The first-order valence-corrected chi connectivity index (χ1v) is 7.33. The zero-order valence-electron chi connectivity index (χ0n) is 11.7. The highest BCUT2D eigenvalue weighted by atomic mass is 16.6. The molecule has 1 saturated carbocycles. The van der Waals surface area contributed by atoms with E-state index < -0.39 is 0 Å². The van der Waals surface area contributed by atoms with E-state index in [1.54, 1.807) is 0 Å². The third-order valence-corrected chi connectivity index (χ3v) is 3.98. The summed E-state index contributed by atoms with van der Waals surface area (Å²) in [6, 6.07) is 6.70. The number of nitrogens with one attached hydrogen (secondary N) is 1. The van der Waals surface area contributed by atoms with Crippen molar-refractivity contribution in [2.75, 3.05) is 13.2 Å². The van der Waals surface area contributed by atoms with Crippen LogP contribution in [0.4, 0.5) is 0 Å². The predicted molar refractivity (Wildman–Crippen MR) is 79.8 cm³/mol. The van der Waals surface area contributed by atoms with E-state index in [4.69, 9.17) is 15.2 Å². The van der Waals surface area contributed by atoms with Crippen molar-refractivity contribution in [3.05, 3.63) is 30.3 Å². The van der Waals surface area contributed by atoms with Gasteiger partial charge in [-0.2, -0.15) is 0 Å². The van der Waals surface area contributed by atoms with Crippen LogP contribution in [0.1, 0.15) is 31.2 Å². The maximum absolute atomic E-state index is 6.02. The monoisotopic (exact) mass is 274 g/mol. The van der Waals surface area contributed by atoms with E-state index in [2.05, 4.69) is 11.9 Å². The van der Waals surface area contributed by atoms with Gasteiger partial charge in [-0.15, -0.1) is 0 Å². The molecule has 1 aliphatic carbocycles. The Labute approximate surface area is 119 Å². The van der Waals surface area contributed by atoms with Crippen LogP contribution in [-0.4, -0.2) is 25.3 Å². The van der Waals surface area contributed by atoms with Crippen LogP contribution in [0.3, 0.4) is 0 Å². The maximum atomic E-state index is 6.02. The van der Waals surface area contributed by atoms with E-state index in [0.717, 1.165) is 42.0 Å². The van der Waals surface area contributed by atoms with Crippen molar-refractivity contribution in [2.45, 2.75) is 37.8 Å². The highest BCUT2D eigenvalue weighted by Crippen LogP contribution is 2.32. The third kappa shape index (κ3) is 2.90. The number of hydrogen-bond donors (Lipinski definition) is 2. The molecule has 108 valence electrons. The van der Waals surface area contributed by atoms with Crippen molar-refractivity contribution in [3.63, 3.8) is 0 Å². The highest BCUT2D eigenvalue weighted by molar-refractivity contribution is 5.65. The molecule has 0 radical (unpaired) electrons. The number of rotatable bonds is 3. The molecule has 0 amide bonds. The quantitative estimate of drug-likeness (QED) is 0.888. The van der Waals surface area contributed by atoms with Crippen molar-refractivity contribution >= 4 is 5.70 Å². The van der Waals surface area contributed by atoms with Crippen molar-refractivity contribution in [2.24, 2.45) is 5.73 Å². The standard InChI is InChI=1S/C16H22N2O2/c1-11(18-14-4-2-3-13(17)10-14)12-5-6-15-16(9-12)20-8-7-19-15/h5-6,9,13-14,18H,1-4,7-8,10,17H2. The number of hydrogen-bond acceptors (Lipinski definition) is 4. The van der Waals surface area contributed by atoms with Gasteiger partial charge in [-0.05, 0) is 43.9 Å². The second kappa shape index (κ2) is 5.75. The van der Waals surface area contributed by atoms with Gasteiger partial charge < -0.3 is 20.5 Å². The fraction of sp³-hybridized carbons (Fsp3) is 0.500. The second-order valence-electron chi connectivity index (χ2n) is 5.60. The first kappa shape index (κ1) is 13.3. The smallest absolute Gasteiger partial charge is 0.162 e. The molecule has 2 atom stereocenters. The zero-order valence-corrected chi connectivity index (χ0v) is 11.7. The van der Waals surface area contributed by atoms with Gasteiger partial charge in [0.1, 0.15) is 13.2 Å². The molecule has 0 saturated heterocycles. The SMILES string of the molecule is C=C(NC1CCCC(N)C1)c1ccc2c(c1)OCCO2. The van der Waals surface area contributed by atoms with Gasteiger partial charge in [-0.25, -0.2) is 0 Å². The fourth-order valence-corrected chi connectivity index (χ4v) is 2.92. The van der Waals surface area contributed by atoms with Gasteiger partial charge in [0, 0.05) is 23.3 Å². The van der Waals surface area contributed by atoms with E-state index in [1.807, 2.05) is 18.2 Å². The maximum Gasteiger partial charge on any atom is 0.162 e. The summed E-state index contributed by atoms with van der Waals surface area (Å²) in [5, 5.41) is 3.50. The van der Waals surface area contributed by atoms with Crippen LogP contribution in [0, 0.1) is 0 Å². The fourth-order valence-electron chi connectivity index (χ4n) is 2.92. The molecule has 0 spiro atoms. The minimum Gasteiger partial charge on any atom is -0.486 e. The Bertz CT molecular complexity index is 501. The van der Waals surface area contributed by atoms with E-state index in [-0.39, 0.29) is 0 Å². The summed E-state index contributed by atoms with van der Waals surface area (Å²) in [6.45, 7) is 5.37. The van der Waals surface area contributed by atoms with Gasteiger partial charge in [0.2, 0.25) is 0 Å². The molecule has 4 heteroatoms. The lowest BCUT2D eigenvalue weighted by atomic mass is 9.91. The van der Waals surface area contributed by atoms with Crippen LogP contribution < -0.4 is 20.5 Å². The largest absolute Gasteiger partial charge is 0.486 e. The van der Waals surface area contributed by atoms with Crippen LogP contribution in [-0.2, 0) is 0 Å². The van der Waals surface area contributed by atoms with Crippen LogP contribution >= 0.6 is 0 Å². The first-order chi connectivity index (χ1) is 9.72. The molecular weight excluding hydrogens is 252 g/mol. The van der Waals surface area contributed by atoms with Gasteiger partial charge in [0.15, 0.2) is 11.5 Å². The van der Waals surface area contributed by atoms with Crippen LogP contribution in [0.2, 0.25) is 0 Å². The molecule has 0 aromatic heterocycles. The Morgan fingerprint density at radius 2 is 2.00 bits per heavy atom. The lowest BCUT2D eigenvalue weighted by molar-refractivity contribution is 0.171. The molecule has 20 heavy (non-hydrogen) atoms. The van der Waals surface area contributed by atoms with Crippen molar-refractivity contribution in [1.82, 2.24) is 5.32 Å². The average molecular weight is 274 g/mol. The van der Waals surface area contributed by atoms with Gasteiger partial charge in [0.25, 0.3) is 0 Å². The Balaban J connectivity index is 1.67. The van der Waals surface area contributed by atoms with Gasteiger partial charge in [0.05, 0.1) is 0 Å². The molecule has 3 N–H and O–H groups in total. The molecule has 4 nitrogen and oxygen atoms in total. The van der Waals surface area contributed by atoms with E-state index in [1.165, 1.54) is 6.42 Å². The summed E-state index contributed by atoms with van der Waals surface area (Å²) in [5.74, 6) is 1.62. The number of fused-ring (bicyclic) bond motifs is 1. The van der Waals surface area contributed by atoms with E-state index >= 15 is 0 Å². The normalized spacial score (nSPS) is 25.1. The molecule has 1 aromatic rings. The topological polar surface area (TPSA) is 56.5 Å². The molecule has 1 aliphatic heterocycles. The summed E-state index contributed by atoms with van der Waals surface area (Å²) in [6.07, 6.45) is 4.50. The zero-order chi connectivity index (χ0) is 13.9. The lowest BCUT2D eigenvalue weighted by Crippen LogP contribution is -2.38. The summed E-state index contributed by atoms with van der Waals surface area (Å²) in [7, 11) is 0. The van der Waals surface area contributed by atoms with Crippen molar-refractivity contribution in [1.29, 1.82) is 0 Å². The van der Waals surface area contributed by atoms with Crippen LogP contribution in [0.15, 0.2) is 24.8 Å². The Kier molecular flexibility index (Phi) is 3.83. The Morgan fingerprint density at radius 1 is 1.20 bits per heavy atom. The van der Waals surface area contributed by atoms with Crippen LogP contribution in [0.25, 0.3) is 5.70 Å². The van der Waals surface area contributed by atoms with Crippen molar-refractivity contribution < 1.29 is 9.47 Å². The Morgan fingerprint density at radius 3 is 2.80 bits per heavy atom. The molecule has 1 aromatic carbocycles. The summed E-state index contributed by atoms with van der Waals surface area (Å²) in [5.41, 5.74) is 8.01. The average Bonchev–Trinajstić information content (AvgIpc) is 2.47. The second-order valence-corrected chi connectivity index (χ2v) is 5.60. The Hall–Kier alpha value is -1.68. The predicted octanol–water partition coefficient (Wildman–Crippen LogP) is 2.29. The third-order valence-electron chi connectivity index (χ3n) is 3.98. The number of ether oxygens (including phenoxy) is 2. The summed E-state index contributed by atoms with van der Waals surface area (Å²) >= 11 is 0.